The quantitative estimate of drug-likeness (QED) is 0.775. The smallest absolute Gasteiger partial charge is 0.316 e. The fourth-order valence-corrected chi connectivity index (χ4v) is 2.85. The Balaban J connectivity index is 2.16. The highest BCUT2D eigenvalue weighted by atomic mass is 16.2. The van der Waals surface area contributed by atoms with E-state index in [1.54, 1.807) is 24.3 Å². The van der Waals surface area contributed by atoms with Crippen LogP contribution in [0.25, 0.3) is 0 Å². The Labute approximate surface area is 131 Å². The molecule has 0 radical (unpaired) electrons. The molecule has 1 aliphatic rings. The first-order valence-electron chi connectivity index (χ1n) is 7.80. The van der Waals surface area contributed by atoms with Crippen molar-refractivity contribution in [1.82, 2.24) is 10.2 Å². The van der Waals surface area contributed by atoms with Gasteiger partial charge in [-0.3, -0.25) is 4.79 Å². The highest BCUT2D eigenvalue weighted by molar-refractivity contribution is 5.96. The third kappa shape index (κ3) is 4.21. The maximum absolute atomic E-state index is 12.8. The number of hydrogen-bond acceptors (Lipinski definition) is 3. The number of urea groups is 1. The van der Waals surface area contributed by atoms with Gasteiger partial charge in [0, 0.05) is 23.8 Å². The van der Waals surface area contributed by atoms with Crippen LogP contribution in [0.3, 0.4) is 0 Å². The molecular weight excluding hydrogens is 280 g/mol. The molecule has 0 spiro atoms. The maximum atomic E-state index is 12.8. The largest absolute Gasteiger partial charge is 0.351 e. The average molecular weight is 304 g/mol. The molecule has 2 rings (SSSR count). The van der Waals surface area contributed by atoms with Gasteiger partial charge in [-0.05, 0) is 50.6 Å². The minimum absolute atomic E-state index is 0.0156. The van der Waals surface area contributed by atoms with Gasteiger partial charge in [-0.15, -0.1) is 0 Å². The molecule has 6 heteroatoms. The zero-order chi connectivity index (χ0) is 15.9. The number of amides is 3. The van der Waals surface area contributed by atoms with E-state index in [1.807, 2.05) is 4.90 Å². The van der Waals surface area contributed by atoms with Gasteiger partial charge in [-0.2, -0.15) is 0 Å². The summed E-state index contributed by atoms with van der Waals surface area (Å²) in [6.45, 7) is 4.71. The zero-order valence-electron chi connectivity index (χ0n) is 13.0. The fraction of sp³-hybridized carbons (Fsp3) is 0.500. The number of hydrogen-bond donors (Lipinski definition) is 3. The number of piperidine rings is 1. The standard InChI is InChI=1S/C16H24N4O2/c1-2-10-20(14-6-8-18-9-7-14)15(21)12-4-3-5-13(11-12)19-16(17)22/h3-5,11,14,18H,2,6-10H2,1H3,(H3,17,19,22). The minimum atomic E-state index is -0.631. The molecule has 0 bridgehead atoms. The van der Waals surface area contributed by atoms with Crippen molar-refractivity contribution in [2.24, 2.45) is 5.73 Å². The number of benzene rings is 1. The first kappa shape index (κ1) is 16.3. The van der Waals surface area contributed by atoms with Crippen LogP contribution in [-0.4, -0.2) is 42.5 Å². The van der Waals surface area contributed by atoms with Crippen molar-refractivity contribution in [2.75, 3.05) is 25.0 Å². The number of nitrogens with two attached hydrogens (primary N) is 1. The fourth-order valence-electron chi connectivity index (χ4n) is 2.85. The summed E-state index contributed by atoms with van der Waals surface area (Å²) in [7, 11) is 0. The summed E-state index contributed by atoms with van der Waals surface area (Å²) in [5.41, 5.74) is 6.25. The van der Waals surface area contributed by atoms with Crippen LogP contribution in [0.1, 0.15) is 36.5 Å². The van der Waals surface area contributed by atoms with Crippen LogP contribution >= 0.6 is 0 Å². The molecule has 0 saturated carbocycles. The summed E-state index contributed by atoms with van der Waals surface area (Å²) in [4.78, 5) is 25.7. The van der Waals surface area contributed by atoms with Crippen LogP contribution in [0.4, 0.5) is 10.5 Å². The molecule has 1 saturated heterocycles. The number of primary amides is 1. The summed E-state index contributed by atoms with van der Waals surface area (Å²) in [5.74, 6) is 0.0156. The van der Waals surface area contributed by atoms with Crippen LogP contribution in [0.15, 0.2) is 24.3 Å². The molecule has 120 valence electrons. The van der Waals surface area contributed by atoms with E-state index in [0.717, 1.165) is 38.9 Å². The van der Waals surface area contributed by atoms with Crippen LogP contribution in [0, 0.1) is 0 Å². The molecule has 6 nitrogen and oxygen atoms in total. The van der Waals surface area contributed by atoms with Crippen LogP contribution < -0.4 is 16.4 Å². The van der Waals surface area contributed by atoms with Gasteiger partial charge in [0.2, 0.25) is 0 Å². The van der Waals surface area contributed by atoms with E-state index in [-0.39, 0.29) is 11.9 Å². The number of nitrogens with zero attached hydrogens (tertiary/aromatic N) is 1. The Morgan fingerprint density at radius 3 is 2.73 bits per heavy atom. The Bertz CT molecular complexity index is 527. The maximum Gasteiger partial charge on any atom is 0.316 e. The Hall–Kier alpha value is -2.08. The molecule has 0 aromatic heterocycles. The van der Waals surface area contributed by atoms with Crippen molar-refractivity contribution < 1.29 is 9.59 Å². The lowest BCUT2D eigenvalue weighted by Crippen LogP contribution is -2.46. The van der Waals surface area contributed by atoms with Gasteiger partial charge < -0.3 is 21.3 Å². The third-order valence-corrected chi connectivity index (χ3v) is 3.85. The zero-order valence-corrected chi connectivity index (χ0v) is 13.0. The molecule has 0 unspecified atom stereocenters. The highest BCUT2D eigenvalue weighted by Crippen LogP contribution is 2.18. The van der Waals surface area contributed by atoms with Gasteiger partial charge in [0.15, 0.2) is 0 Å². The Morgan fingerprint density at radius 1 is 1.36 bits per heavy atom. The lowest BCUT2D eigenvalue weighted by Gasteiger charge is -2.34. The molecule has 0 aliphatic carbocycles. The van der Waals surface area contributed by atoms with E-state index >= 15 is 0 Å². The molecule has 1 aromatic carbocycles. The second-order valence-corrected chi connectivity index (χ2v) is 5.55. The van der Waals surface area contributed by atoms with Crippen LogP contribution in [-0.2, 0) is 0 Å². The number of anilines is 1. The number of carbonyl (C=O) groups excluding carboxylic acids is 2. The summed E-state index contributed by atoms with van der Waals surface area (Å²) in [6, 6.07) is 6.57. The van der Waals surface area contributed by atoms with Crippen molar-refractivity contribution in [3.63, 3.8) is 0 Å². The molecule has 1 fully saturated rings. The van der Waals surface area contributed by atoms with E-state index in [4.69, 9.17) is 5.73 Å². The highest BCUT2D eigenvalue weighted by Gasteiger charge is 2.25. The number of nitrogens with one attached hydrogen (secondary N) is 2. The normalized spacial score (nSPS) is 15.3. The molecule has 4 N–H and O–H groups in total. The lowest BCUT2D eigenvalue weighted by atomic mass is 10.0. The molecule has 0 atom stereocenters. The van der Waals surface area contributed by atoms with Crippen molar-refractivity contribution in [3.05, 3.63) is 29.8 Å². The SMILES string of the molecule is CCCN(C(=O)c1cccc(NC(N)=O)c1)C1CCNCC1. The Morgan fingerprint density at radius 2 is 2.09 bits per heavy atom. The van der Waals surface area contributed by atoms with Crippen LogP contribution in [0.2, 0.25) is 0 Å². The molecule has 1 aliphatic heterocycles. The van der Waals surface area contributed by atoms with E-state index in [1.165, 1.54) is 0 Å². The number of rotatable bonds is 5. The van der Waals surface area contributed by atoms with Crippen molar-refractivity contribution in [1.29, 1.82) is 0 Å². The first-order valence-corrected chi connectivity index (χ1v) is 7.80. The van der Waals surface area contributed by atoms with E-state index in [0.29, 0.717) is 11.3 Å². The number of carbonyl (C=O) groups is 2. The van der Waals surface area contributed by atoms with Crippen LogP contribution in [0.5, 0.6) is 0 Å². The van der Waals surface area contributed by atoms with E-state index in [2.05, 4.69) is 17.6 Å². The molecule has 1 heterocycles. The van der Waals surface area contributed by atoms with Crippen molar-refractivity contribution >= 4 is 17.6 Å². The summed E-state index contributed by atoms with van der Waals surface area (Å²) in [5, 5.41) is 5.83. The van der Waals surface area contributed by atoms with Gasteiger partial charge >= 0.3 is 6.03 Å². The molecule has 3 amide bonds. The summed E-state index contributed by atoms with van der Waals surface area (Å²) in [6.07, 6.45) is 2.88. The predicted molar refractivity (Wildman–Crippen MR) is 86.9 cm³/mol. The van der Waals surface area contributed by atoms with Gasteiger partial charge in [0.1, 0.15) is 0 Å². The third-order valence-electron chi connectivity index (χ3n) is 3.85. The molecule has 22 heavy (non-hydrogen) atoms. The van der Waals surface area contributed by atoms with Crippen molar-refractivity contribution in [3.8, 4) is 0 Å². The van der Waals surface area contributed by atoms with E-state index < -0.39 is 6.03 Å². The minimum Gasteiger partial charge on any atom is -0.351 e. The molecule has 1 aromatic rings. The van der Waals surface area contributed by atoms with Gasteiger partial charge in [0.25, 0.3) is 5.91 Å². The van der Waals surface area contributed by atoms with Gasteiger partial charge in [0.05, 0.1) is 0 Å². The summed E-state index contributed by atoms with van der Waals surface area (Å²) < 4.78 is 0. The monoisotopic (exact) mass is 304 g/mol. The summed E-state index contributed by atoms with van der Waals surface area (Å²) >= 11 is 0. The second kappa shape index (κ2) is 7.79. The Kier molecular flexibility index (Phi) is 5.77. The second-order valence-electron chi connectivity index (χ2n) is 5.55. The van der Waals surface area contributed by atoms with E-state index in [9.17, 15) is 9.59 Å². The topological polar surface area (TPSA) is 87.5 Å². The first-order chi connectivity index (χ1) is 10.6. The predicted octanol–water partition coefficient (Wildman–Crippen LogP) is 1.78. The lowest BCUT2D eigenvalue weighted by molar-refractivity contribution is 0.0642. The van der Waals surface area contributed by atoms with Gasteiger partial charge in [-0.25, -0.2) is 4.79 Å². The molecular formula is C16H24N4O2. The average Bonchev–Trinajstić information content (AvgIpc) is 2.52. The van der Waals surface area contributed by atoms with Crippen molar-refractivity contribution in [2.45, 2.75) is 32.2 Å². The van der Waals surface area contributed by atoms with Gasteiger partial charge in [-0.1, -0.05) is 13.0 Å².